The topological polar surface area (TPSA) is 54.7 Å². The van der Waals surface area contributed by atoms with Gasteiger partial charge in [-0.2, -0.15) is 0 Å². The molecule has 1 aromatic heterocycles. The molecular weight excluding hydrogens is 234 g/mol. The summed E-state index contributed by atoms with van der Waals surface area (Å²) in [6.07, 6.45) is 0.897. The second-order valence-electron chi connectivity index (χ2n) is 4.79. The number of hydrogen-bond acceptors (Lipinski definition) is 2. The summed E-state index contributed by atoms with van der Waals surface area (Å²) in [6.45, 7) is 2.77. The first-order valence-electron chi connectivity index (χ1n) is 6.52. The molecule has 3 heteroatoms. The number of fused-ring (bicyclic) bond motifs is 1. The quantitative estimate of drug-likeness (QED) is 0.751. The highest BCUT2D eigenvalue weighted by atomic mass is 14.9. The van der Waals surface area contributed by atoms with Crippen molar-refractivity contribution in [2.75, 3.05) is 6.54 Å². The minimum Gasteiger partial charge on any atom is -0.338 e. The summed E-state index contributed by atoms with van der Waals surface area (Å²) in [6, 6.07) is 14.6. The van der Waals surface area contributed by atoms with Crippen LogP contribution in [0.1, 0.15) is 11.1 Å². The Balaban J connectivity index is 2.09. The molecule has 0 fully saturated rings. The molecule has 3 aromatic rings. The molecule has 0 unspecified atom stereocenters. The van der Waals surface area contributed by atoms with Crippen molar-refractivity contribution in [2.45, 2.75) is 13.3 Å². The number of hydrogen-bond donors (Lipinski definition) is 2. The maximum Gasteiger partial charge on any atom is 0.138 e. The van der Waals surface area contributed by atoms with Crippen LogP contribution in [0.4, 0.5) is 0 Å². The number of nitrogens with one attached hydrogen (secondary N) is 1. The number of H-pyrrole nitrogens is 1. The fourth-order valence-electron chi connectivity index (χ4n) is 2.35. The molecule has 0 aliphatic rings. The van der Waals surface area contributed by atoms with Crippen molar-refractivity contribution in [1.29, 1.82) is 0 Å². The van der Waals surface area contributed by atoms with E-state index < -0.39 is 0 Å². The molecule has 0 atom stereocenters. The summed E-state index contributed by atoms with van der Waals surface area (Å²) in [5.41, 5.74) is 11.3. The van der Waals surface area contributed by atoms with Crippen molar-refractivity contribution in [3.05, 3.63) is 53.6 Å². The lowest BCUT2D eigenvalue weighted by atomic mass is 10.1. The Morgan fingerprint density at radius 1 is 1.16 bits per heavy atom. The lowest BCUT2D eigenvalue weighted by Gasteiger charge is -2.00. The predicted molar refractivity (Wildman–Crippen MR) is 79.0 cm³/mol. The third-order valence-electron chi connectivity index (χ3n) is 3.38. The average Bonchev–Trinajstić information content (AvgIpc) is 2.82. The number of nitrogens with zero attached hydrogens (tertiary/aromatic N) is 1. The van der Waals surface area contributed by atoms with E-state index >= 15 is 0 Å². The van der Waals surface area contributed by atoms with Crippen LogP contribution in [-0.4, -0.2) is 16.5 Å². The molecule has 19 heavy (non-hydrogen) atoms. The number of rotatable bonds is 3. The van der Waals surface area contributed by atoms with Crippen LogP contribution in [-0.2, 0) is 6.42 Å². The summed E-state index contributed by atoms with van der Waals surface area (Å²) in [5.74, 6) is 0.929. The van der Waals surface area contributed by atoms with E-state index in [1.54, 1.807) is 0 Å². The highest BCUT2D eigenvalue weighted by Crippen LogP contribution is 2.23. The number of aryl methyl sites for hydroxylation is 1. The first-order valence-corrected chi connectivity index (χ1v) is 6.52. The molecule has 0 aliphatic heterocycles. The van der Waals surface area contributed by atoms with Gasteiger partial charge in [0.25, 0.3) is 0 Å². The van der Waals surface area contributed by atoms with Gasteiger partial charge in [-0.05, 0) is 43.1 Å². The molecule has 0 bridgehead atoms. The van der Waals surface area contributed by atoms with Crippen LogP contribution in [0.15, 0.2) is 42.5 Å². The van der Waals surface area contributed by atoms with Crippen LogP contribution in [0.2, 0.25) is 0 Å². The van der Waals surface area contributed by atoms with E-state index in [9.17, 15) is 0 Å². The molecule has 0 radical (unpaired) electrons. The van der Waals surface area contributed by atoms with Gasteiger partial charge in [0.2, 0.25) is 0 Å². The third-order valence-corrected chi connectivity index (χ3v) is 3.38. The lowest BCUT2D eigenvalue weighted by Crippen LogP contribution is -2.02. The van der Waals surface area contributed by atoms with E-state index in [0.717, 1.165) is 28.8 Å². The van der Waals surface area contributed by atoms with Crippen LogP contribution in [0.5, 0.6) is 0 Å². The van der Waals surface area contributed by atoms with Crippen LogP contribution < -0.4 is 5.73 Å². The number of imidazole rings is 1. The molecule has 0 aliphatic carbocycles. The summed E-state index contributed by atoms with van der Waals surface area (Å²) in [7, 11) is 0. The number of nitrogens with two attached hydrogens (primary N) is 1. The zero-order valence-electron chi connectivity index (χ0n) is 11.0. The van der Waals surface area contributed by atoms with Gasteiger partial charge in [0.1, 0.15) is 5.82 Å². The fraction of sp³-hybridized carbons (Fsp3) is 0.188. The van der Waals surface area contributed by atoms with E-state index in [1.807, 2.05) is 12.1 Å². The van der Waals surface area contributed by atoms with E-state index in [2.05, 4.69) is 47.2 Å². The van der Waals surface area contributed by atoms with Gasteiger partial charge in [0, 0.05) is 5.56 Å². The lowest BCUT2D eigenvalue weighted by molar-refractivity contribution is 0.970. The van der Waals surface area contributed by atoms with Gasteiger partial charge in [0.15, 0.2) is 0 Å². The molecule has 0 spiro atoms. The first kappa shape index (κ1) is 11.9. The molecule has 96 valence electrons. The zero-order chi connectivity index (χ0) is 13.2. The average molecular weight is 251 g/mol. The molecule has 3 nitrogen and oxygen atoms in total. The molecule has 3 rings (SSSR count). The maximum absolute atomic E-state index is 5.59. The van der Waals surface area contributed by atoms with Gasteiger partial charge in [-0.1, -0.05) is 30.3 Å². The van der Waals surface area contributed by atoms with E-state index in [-0.39, 0.29) is 0 Å². The van der Waals surface area contributed by atoms with E-state index in [4.69, 9.17) is 5.73 Å². The minimum absolute atomic E-state index is 0.671. The zero-order valence-corrected chi connectivity index (χ0v) is 11.0. The van der Waals surface area contributed by atoms with Gasteiger partial charge >= 0.3 is 0 Å². The highest BCUT2D eigenvalue weighted by Gasteiger charge is 2.07. The number of aromatic amines is 1. The van der Waals surface area contributed by atoms with Crippen LogP contribution in [0.25, 0.3) is 22.4 Å². The van der Waals surface area contributed by atoms with E-state index in [0.29, 0.717) is 6.54 Å². The molecule has 2 aromatic carbocycles. The Morgan fingerprint density at radius 2 is 2.00 bits per heavy atom. The Hall–Kier alpha value is -2.13. The molecule has 0 saturated heterocycles. The predicted octanol–water partition coefficient (Wildman–Crippen LogP) is 3.04. The second kappa shape index (κ2) is 4.86. The largest absolute Gasteiger partial charge is 0.338 e. The van der Waals surface area contributed by atoms with Gasteiger partial charge in [-0.15, -0.1) is 0 Å². The number of benzene rings is 2. The Kier molecular flexibility index (Phi) is 3.05. The smallest absolute Gasteiger partial charge is 0.138 e. The normalized spacial score (nSPS) is 11.1. The Morgan fingerprint density at radius 3 is 2.79 bits per heavy atom. The van der Waals surface area contributed by atoms with Crippen molar-refractivity contribution in [2.24, 2.45) is 5.73 Å². The second-order valence-corrected chi connectivity index (χ2v) is 4.79. The summed E-state index contributed by atoms with van der Waals surface area (Å²) < 4.78 is 0. The molecule has 0 amide bonds. The molecular formula is C16H17N3. The van der Waals surface area contributed by atoms with Gasteiger partial charge in [-0.3, -0.25) is 0 Å². The monoisotopic (exact) mass is 251 g/mol. The van der Waals surface area contributed by atoms with Crippen molar-refractivity contribution in [3.63, 3.8) is 0 Å². The van der Waals surface area contributed by atoms with Gasteiger partial charge < -0.3 is 10.7 Å². The molecule has 3 N–H and O–H groups in total. The van der Waals surface area contributed by atoms with Crippen molar-refractivity contribution in [3.8, 4) is 11.4 Å². The minimum atomic E-state index is 0.671. The van der Waals surface area contributed by atoms with Gasteiger partial charge in [0.05, 0.1) is 11.0 Å². The van der Waals surface area contributed by atoms with Gasteiger partial charge in [-0.25, -0.2) is 4.98 Å². The Labute approximate surface area is 112 Å². The summed E-state index contributed by atoms with van der Waals surface area (Å²) in [5, 5.41) is 0. The summed E-state index contributed by atoms with van der Waals surface area (Å²) in [4.78, 5) is 8.06. The third kappa shape index (κ3) is 2.25. The molecule has 1 heterocycles. The SMILES string of the molecule is Cc1ccccc1-c1nc2ccc(CCN)cc2[nH]1. The molecule has 0 saturated carbocycles. The van der Waals surface area contributed by atoms with Crippen molar-refractivity contribution >= 4 is 11.0 Å². The van der Waals surface area contributed by atoms with Crippen LogP contribution in [0, 0.1) is 6.92 Å². The Bertz CT molecular complexity index is 713. The summed E-state index contributed by atoms with van der Waals surface area (Å²) >= 11 is 0. The van der Waals surface area contributed by atoms with E-state index in [1.165, 1.54) is 11.1 Å². The van der Waals surface area contributed by atoms with Crippen LogP contribution in [0.3, 0.4) is 0 Å². The highest BCUT2D eigenvalue weighted by molar-refractivity contribution is 5.80. The first-order chi connectivity index (χ1) is 9.28. The number of aromatic nitrogens is 2. The van der Waals surface area contributed by atoms with Crippen LogP contribution >= 0.6 is 0 Å². The maximum atomic E-state index is 5.59. The van der Waals surface area contributed by atoms with Crippen molar-refractivity contribution < 1.29 is 0 Å². The van der Waals surface area contributed by atoms with Crippen molar-refractivity contribution in [1.82, 2.24) is 9.97 Å². The fourth-order valence-corrected chi connectivity index (χ4v) is 2.35. The standard InChI is InChI=1S/C16H17N3/c1-11-4-2-3-5-13(11)16-18-14-7-6-12(8-9-17)10-15(14)19-16/h2-7,10H,8-9,17H2,1H3,(H,18,19).